The van der Waals surface area contributed by atoms with E-state index in [0.717, 1.165) is 12.3 Å². The van der Waals surface area contributed by atoms with E-state index < -0.39 is 26.1 Å². The van der Waals surface area contributed by atoms with Gasteiger partial charge >= 0.3 is 5.97 Å². The van der Waals surface area contributed by atoms with Gasteiger partial charge in [-0.1, -0.05) is 0 Å². The molecule has 1 aromatic rings. The molecule has 1 aliphatic rings. The largest absolute Gasteiger partial charge is 0.481 e. The molecule has 0 saturated heterocycles. The number of hydrogen-bond acceptors (Lipinski definition) is 6. The number of nitro benzene ring substituents is 1. The highest BCUT2D eigenvalue weighted by atomic mass is 32.2. The van der Waals surface area contributed by atoms with Crippen molar-refractivity contribution in [1.29, 1.82) is 0 Å². The molecule has 0 aliphatic heterocycles. The van der Waals surface area contributed by atoms with E-state index in [1.807, 2.05) is 0 Å². The predicted octanol–water partition coefficient (Wildman–Crippen LogP) is 1.27. The Morgan fingerprint density at radius 3 is 2.52 bits per heavy atom. The van der Waals surface area contributed by atoms with Crippen molar-refractivity contribution in [2.24, 2.45) is 5.41 Å². The number of hydrogen-bond donors (Lipinski definition) is 2. The average molecular weight is 314 g/mol. The fourth-order valence-corrected chi connectivity index (χ4v) is 2.57. The van der Waals surface area contributed by atoms with Crippen molar-refractivity contribution >= 4 is 27.2 Å². The smallest absolute Gasteiger partial charge is 0.311 e. The summed E-state index contributed by atoms with van der Waals surface area (Å²) in [7, 11) is -3.55. The summed E-state index contributed by atoms with van der Waals surface area (Å²) >= 11 is 0. The van der Waals surface area contributed by atoms with Gasteiger partial charge in [0.15, 0.2) is 9.84 Å². The summed E-state index contributed by atoms with van der Waals surface area (Å²) in [6.07, 6.45) is 2.00. The summed E-state index contributed by atoms with van der Waals surface area (Å²) in [5.74, 6) is -0.939. The van der Waals surface area contributed by atoms with E-state index in [-0.39, 0.29) is 22.8 Å². The second kappa shape index (κ2) is 4.99. The Morgan fingerprint density at radius 2 is 2.10 bits per heavy atom. The molecule has 0 spiro atoms. The highest BCUT2D eigenvalue weighted by Gasteiger charge is 2.50. The van der Waals surface area contributed by atoms with Crippen molar-refractivity contribution in [3.05, 3.63) is 28.3 Å². The van der Waals surface area contributed by atoms with Gasteiger partial charge in [-0.15, -0.1) is 0 Å². The average Bonchev–Trinajstić information content (AvgIpc) is 3.16. The quantitative estimate of drug-likeness (QED) is 0.598. The molecule has 1 saturated carbocycles. The standard InChI is InChI=1S/C12H14N2O6S/c1-21(19,20)8-2-3-9(10(6-8)14(17)18)13-7-12(4-5-12)11(15)16/h2-3,6,13H,4-5,7H2,1H3,(H,15,16). The van der Waals surface area contributed by atoms with Crippen LogP contribution in [-0.2, 0) is 14.6 Å². The Balaban J connectivity index is 2.28. The minimum Gasteiger partial charge on any atom is -0.481 e. The van der Waals surface area contributed by atoms with E-state index in [4.69, 9.17) is 5.11 Å². The van der Waals surface area contributed by atoms with Crippen molar-refractivity contribution in [3.63, 3.8) is 0 Å². The SMILES string of the molecule is CS(=O)(=O)c1ccc(NCC2(C(=O)O)CC2)c([N+](=O)[O-])c1. The van der Waals surface area contributed by atoms with E-state index in [1.54, 1.807) is 0 Å². The number of rotatable bonds is 6. The van der Waals surface area contributed by atoms with Gasteiger partial charge in [-0.2, -0.15) is 0 Å². The van der Waals surface area contributed by atoms with Gasteiger partial charge in [-0.3, -0.25) is 14.9 Å². The zero-order valence-corrected chi connectivity index (χ0v) is 12.0. The lowest BCUT2D eigenvalue weighted by molar-refractivity contribution is -0.384. The van der Waals surface area contributed by atoms with Gasteiger partial charge in [-0.25, -0.2) is 8.42 Å². The van der Waals surface area contributed by atoms with E-state index in [2.05, 4.69) is 5.32 Å². The van der Waals surface area contributed by atoms with E-state index in [0.29, 0.717) is 12.8 Å². The van der Waals surface area contributed by atoms with Gasteiger partial charge in [0.05, 0.1) is 15.2 Å². The highest BCUT2D eigenvalue weighted by molar-refractivity contribution is 7.90. The summed E-state index contributed by atoms with van der Waals surface area (Å²) in [5.41, 5.74) is -1.15. The maximum absolute atomic E-state index is 11.4. The van der Waals surface area contributed by atoms with Crippen LogP contribution in [0.5, 0.6) is 0 Å². The third kappa shape index (κ3) is 3.13. The summed E-state index contributed by atoms with van der Waals surface area (Å²) in [6.45, 7) is 0.0708. The second-order valence-corrected chi connectivity index (χ2v) is 7.16. The van der Waals surface area contributed by atoms with Gasteiger partial charge in [0, 0.05) is 18.9 Å². The fourth-order valence-electron chi connectivity index (χ4n) is 1.92. The molecule has 21 heavy (non-hydrogen) atoms. The van der Waals surface area contributed by atoms with E-state index in [9.17, 15) is 23.3 Å². The first-order valence-corrected chi connectivity index (χ1v) is 8.01. The number of carboxylic acids is 1. The number of aliphatic carboxylic acids is 1. The molecular weight excluding hydrogens is 300 g/mol. The first-order chi connectivity index (χ1) is 9.66. The Labute approximate surface area is 120 Å². The van der Waals surface area contributed by atoms with Gasteiger partial charge in [-0.05, 0) is 25.0 Å². The predicted molar refractivity (Wildman–Crippen MR) is 74.0 cm³/mol. The molecule has 8 nitrogen and oxygen atoms in total. The molecule has 1 fully saturated rings. The molecule has 2 N–H and O–H groups in total. The van der Waals surface area contributed by atoms with Crippen LogP contribution in [0.2, 0.25) is 0 Å². The lowest BCUT2D eigenvalue weighted by Gasteiger charge is -2.12. The van der Waals surface area contributed by atoms with Crippen LogP contribution < -0.4 is 5.32 Å². The first-order valence-electron chi connectivity index (χ1n) is 6.11. The molecular formula is C12H14N2O6S. The monoisotopic (exact) mass is 314 g/mol. The molecule has 1 aliphatic carbocycles. The molecule has 0 radical (unpaired) electrons. The molecule has 0 atom stereocenters. The Morgan fingerprint density at radius 1 is 1.48 bits per heavy atom. The van der Waals surface area contributed by atoms with E-state index >= 15 is 0 Å². The summed E-state index contributed by atoms with van der Waals surface area (Å²) in [6, 6.07) is 3.51. The van der Waals surface area contributed by atoms with Crippen molar-refractivity contribution in [1.82, 2.24) is 0 Å². The summed E-state index contributed by atoms with van der Waals surface area (Å²) in [5, 5.41) is 22.8. The van der Waals surface area contributed by atoms with E-state index in [1.165, 1.54) is 12.1 Å². The van der Waals surface area contributed by atoms with Crippen LogP contribution in [0.4, 0.5) is 11.4 Å². The van der Waals surface area contributed by atoms with Crippen molar-refractivity contribution < 1.29 is 23.2 Å². The molecule has 2 rings (SSSR count). The maximum atomic E-state index is 11.4. The molecule has 9 heteroatoms. The number of nitrogens with zero attached hydrogens (tertiary/aromatic N) is 1. The van der Waals surface area contributed by atoms with Crippen LogP contribution in [0, 0.1) is 15.5 Å². The maximum Gasteiger partial charge on any atom is 0.311 e. The Bertz CT molecular complexity index is 708. The van der Waals surface area contributed by atoms with Crippen LogP contribution >= 0.6 is 0 Å². The number of carboxylic acid groups (broad SMARTS) is 1. The molecule has 0 heterocycles. The number of anilines is 1. The zero-order valence-electron chi connectivity index (χ0n) is 11.2. The Hall–Kier alpha value is -2.16. The van der Waals surface area contributed by atoms with Crippen LogP contribution in [0.15, 0.2) is 23.1 Å². The zero-order chi connectivity index (χ0) is 15.8. The van der Waals surface area contributed by atoms with Crippen molar-refractivity contribution in [3.8, 4) is 0 Å². The van der Waals surface area contributed by atoms with Gasteiger partial charge in [0.25, 0.3) is 5.69 Å². The lowest BCUT2D eigenvalue weighted by atomic mass is 10.1. The molecule has 1 aromatic carbocycles. The summed E-state index contributed by atoms with van der Waals surface area (Å²) < 4.78 is 22.8. The molecule has 0 bridgehead atoms. The van der Waals surface area contributed by atoms with Gasteiger partial charge in [0.1, 0.15) is 5.69 Å². The molecule has 0 aromatic heterocycles. The van der Waals surface area contributed by atoms with Crippen molar-refractivity contribution in [2.45, 2.75) is 17.7 Å². The Kier molecular flexibility index (Phi) is 3.62. The topological polar surface area (TPSA) is 127 Å². The third-order valence-electron chi connectivity index (χ3n) is 3.52. The number of benzene rings is 1. The number of sulfone groups is 1. The van der Waals surface area contributed by atoms with Crippen LogP contribution in [-0.4, -0.2) is 37.2 Å². The van der Waals surface area contributed by atoms with Gasteiger partial charge in [0.2, 0.25) is 0 Å². The number of nitro groups is 1. The molecule has 114 valence electrons. The molecule has 0 amide bonds. The first kappa shape index (κ1) is 15.2. The fraction of sp³-hybridized carbons (Fsp3) is 0.417. The van der Waals surface area contributed by atoms with Crippen LogP contribution in [0.3, 0.4) is 0 Å². The third-order valence-corrected chi connectivity index (χ3v) is 4.63. The van der Waals surface area contributed by atoms with Gasteiger partial charge < -0.3 is 10.4 Å². The number of carbonyl (C=O) groups is 1. The summed E-state index contributed by atoms with van der Waals surface area (Å²) in [4.78, 5) is 21.2. The molecule has 0 unspecified atom stereocenters. The normalized spacial score (nSPS) is 16.2. The minimum atomic E-state index is -3.55. The van der Waals surface area contributed by atoms with Crippen LogP contribution in [0.25, 0.3) is 0 Å². The minimum absolute atomic E-state index is 0.0708. The highest BCUT2D eigenvalue weighted by Crippen LogP contribution is 2.46. The van der Waals surface area contributed by atoms with Crippen molar-refractivity contribution in [2.75, 3.05) is 18.1 Å². The number of nitrogens with one attached hydrogen (secondary N) is 1. The lowest BCUT2D eigenvalue weighted by Crippen LogP contribution is -2.24. The second-order valence-electron chi connectivity index (χ2n) is 5.15. The van der Waals surface area contributed by atoms with Crippen LogP contribution in [0.1, 0.15) is 12.8 Å².